The minimum absolute atomic E-state index is 0.298. The largest absolute Gasteiger partial charge is 0.478 e. The number of hydrogen-bond donors (Lipinski definition) is 2. The van der Waals surface area contributed by atoms with E-state index < -0.39 is 54.2 Å². The van der Waals surface area contributed by atoms with Crippen LogP contribution in [0.3, 0.4) is 0 Å². The highest BCUT2D eigenvalue weighted by molar-refractivity contribution is 5.86. The first kappa shape index (κ1) is 30.0. The lowest BCUT2D eigenvalue weighted by atomic mass is 9.98. The van der Waals surface area contributed by atoms with E-state index in [-0.39, 0.29) is 0 Å². The molecule has 13 heteroatoms. The van der Waals surface area contributed by atoms with Gasteiger partial charge in [-0.3, -0.25) is 0 Å². The molecule has 0 aliphatic heterocycles. The van der Waals surface area contributed by atoms with Crippen molar-refractivity contribution in [1.82, 2.24) is 4.90 Å². The molecule has 0 atom stereocenters. The summed E-state index contributed by atoms with van der Waals surface area (Å²) in [6.45, 7) is 4.12. The number of carboxylic acids is 2. The van der Waals surface area contributed by atoms with E-state index in [2.05, 4.69) is 6.58 Å². The van der Waals surface area contributed by atoms with Gasteiger partial charge in [0.1, 0.15) is 0 Å². The van der Waals surface area contributed by atoms with Crippen molar-refractivity contribution in [2.24, 2.45) is 0 Å². The Balaban J connectivity index is 0. The fourth-order valence-electron chi connectivity index (χ4n) is 1.62. The molecule has 30 heavy (non-hydrogen) atoms. The van der Waals surface area contributed by atoms with Crippen LogP contribution in [-0.4, -0.2) is 71.4 Å². The van der Waals surface area contributed by atoms with Gasteiger partial charge < -0.3 is 15.1 Å². The van der Waals surface area contributed by atoms with Crippen LogP contribution < -0.4 is 0 Å². The predicted molar refractivity (Wildman–Crippen MR) is 91.4 cm³/mol. The number of hydrogen-bond acceptors (Lipinski definition) is 3. The van der Waals surface area contributed by atoms with Gasteiger partial charge in [0.05, 0.1) is 0 Å². The van der Waals surface area contributed by atoms with Crippen molar-refractivity contribution in [2.45, 2.75) is 50.4 Å². The summed E-state index contributed by atoms with van der Waals surface area (Å²) in [7, 11) is 3.92. The van der Waals surface area contributed by atoms with Gasteiger partial charge in [0.15, 0.2) is 0 Å². The Morgan fingerprint density at radius 2 is 1.37 bits per heavy atom. The number of halogens is 8. The smallest absolute Gasteiger partial charge is 0.381 e. The Morgan fingerprint density at radius 1 is 0.933 bits per heavy atom. The van der Waals surface area contributed by atoms with Crippen LogP contribution in [0.15, 0.2) is 23.8 Å². The molecule has 5 nitrogen and oxygen atoms in total. The normalized spacial score (nSPS) is 13.6. The zero-order valence-electron chi connectivity index (χ0n) is 16.6. The molecule has 0 fully saturated rings. The number of nitrogens with zero attached hydrogens (tertiary/aromatic N) is 1. The SMILES string of the molecule is C=C(CCCN(C)C)C(=O)O.CC(=CC(F)(F)C(F)(F)C(F)(F)C(C)(F)F)C(=O)O. The summed E-state index contributed by atoms with van der Waals surface area (Å²) in [6.07, 6.45) is 0.445. The minimum Gasteiger partial charge on any atom is -0.478 e. The standard InChI is InChI=1S/C9H8F8O2.C8H15NO2/c1-4(5(18)19)3-7(12,13)9(16,17)8(14,15)6(2,10)11;1-7(8(10)11)5-4-6-9(2)3/h3H,1-2H3,(H,18,19);1,4-6H2,2-3H3,(H,10,11). The fourth-order valence-corrected chi connectivity index (χ4v) is 1.62. The van der Waals surface area contributed by atoms with E-state index in [1.807, 2.05) is 19.0 Å². The maximum atomic E-state index is 12.9. The Morgan fingerprint density at radius 3 is 1.67 bits per heavy atom. The first-order chi connectivity index (χ1) is 13.1. The van der Waals surface area contributed by atoms with Crippen LogP contribution in [0.25, 0.3) is 0 Å². The van der Waals surface area contributed by atoms with Crippen molar-refractivity contribution in [3.8, 4) is 0 Å². The maximum absolute atomic E-state index is 12.9. The van der Waals surface area contributed by atoms with Gasteiger partial charge in [-0.05, 0) is 40.4 Å². The minimum atomic E-state index is -6.46. The molecule has 0 aromatic rings. The highest BCUT2D eigenvalue weighted by Gasteiger charge is 2.78. The van der Waals surface area contributed by atoms with Crippen LogP contribution in [0.5, 0.6) is 0 Å². The molecule has 0 aromatic carbocycles. The molecule has 2 N–H and O–H groups in total. The number of rotatable bonds is 10. The molecule has 0 bridgehead atoms. The molecule has 0 aromatic heterocycles. The molecular weight excluding hydrogens is 434 g/mol. The highest BCUT2D eigenvalue weighted by Crippen LogP contribution is 2.52. The van der Waals surface area contributed by atoms with E-state index >= 15 is 0 Å². The zero-order chi connectivity index (χ0) is 24.7. The molecule has 0 saturated heterocycles. The molecule has 0 spiro atoms. The summed E-state index contributed by atoms with van der Waals surface area (Å²) in [5.41, 5.74) is -1.09. The maximum Gasteiger partial charge on any atom is 0.381 e. The van der Waals surface area contributed by atoms with Crippen molar-refractivity contribution < 1.29 is 54.9 Å². The van der Waals surface area contributed by atoms with E-state index in [0.29, 0.717) is 18.9 Å². The monoisotopic (exact) mass is 457 g/mol. The summed E-state index contributed by atoms with van der Waals surface area (Å²) >= 11 is 0. The Bertz CT molecular complexity index is 655. The third-order valence-corrected chi connectivity index (χ3v) is 3.49. The second kappa shape index (κ2) is 10.7. The van der Waals surface area contributed by atoms with Gasteiger partial charge in [0.25, 0.3) is 0 Å². The zero-order valence-corrected chi connectivity index (χ0v) is 16.6. The Labute approximate surface area is 167 Å². The molecule has 0 amide bonds. The van der Waals surface area contributed by atoms with Crippen LogP contribution >= 0.6 is 0 Å². The van der Waals surface area contributed by atoms with E-state index in [9.17, 15) is 44.7 Å². The summed E-state index contributed by atoms with van der Waals surface area (Å²) in [5, 5.41) is 16.6. The molecule has 0 rings (SSSR count). The van der Waals surface area contributed by atoms with E-state index in [4.69, 9.17) is 10.2 Å². The van der Waals surface area contributed by atoms with Gasteiger partial charge in [-0.15, -0.1) is 0 Å². The van der Waals surface area contributed by atoms with Crippen molar-refractivity contribution >= 4 is 11.9 Å². The average molecular weight is 457 g/mol. The van der Waals surface area contributed by atoms with Gasteiger partial charge in [-0.1, -0.05) is 6.58 Å². The lowest BCUT2D eigenvalue weighted by Crippen LogP contribution is -2.60. The van der Waals surface area contributed by atoms with Crippen molar-refractivity contribution in [3.05, 3.63) is 23.8 Å². The first-order valence-corrected chi connectivity index (χ1v) is 8.11. The molecule has 0 radical (unpaired) electrons. The Kier molecular flexibility index (Phi) is 10.7. The molecule has 0 aliphatic rings. The Hall–Kier alpha value is -2.18. The second-order valence-corrected chi connectivity index (χ2v) is 6.61. The molecule has 0 aliphatic carbocycles. The van der Waals surface area contributed by atoms with Crippen molar-refractivity contribution in [3.63, 3.8) is 0 Å². The van der Waals surface area contributed by atoms with E-state index in [1.165, 1.54) is 0 Å². The fraction of sp³-hybridized carbons (Fsp3) is 0.647. The van der Waals surface area contributed by atoms with Crippen LogP contribution in [-0.2, 0) is 9.59 Å². The van der Waals surface area contributed by atoms with Crippen molar-refractivity contribution in [2.75, 3.05) is 20.6 Å². The summed E-state index contributed by atoms with van der Waals surface area (Å²) in [6, 6.07) is 0. The predicted octanol–water partition coefficient (Wildman–Crippen LogP) is 4.55. The summed E-state index contributed by atoms with van der Waals surface area (Å²) in [4.78, 5) is 22.5. The topological polar surface area (TPSA) is 77.8 Å². The van der Waals surface area contributed by atoms with E-state index in [1.54, 1.807) is 0 Å². The molecular formula is C17H23F8NO4. The van der Waals surface area contributed by atoms with Crippen molar-refractivity contribution in [1.29, 1.82) is 0 Å². The lowest BCUT2D eigenvalue weighted by Gasteiger charge is -2.34. The van der Waals surface area contributed by atoms with Crippen LogP contribution in [0, 0.1) is 0 Å². The quantitative estimate of drug-likeness (QED) is 0.372. The molecule has 176 valence electrons. The van der Waals surface area contributed by atoms with Gasteiger partial charge in [0, 0.05) is 24.1 Å². The van der Waals surface area contributed by atoms with Crippen LogP contribution in [0.2, 0.25) is 0 Å². The molecule has 0 unspecified atom stereocenters. The van der Waals surface area contributed by atoms with E-state index in [0.717, 1.165) is 13.0 Å². The third-order valence-electron chi connectivity index (χ3n) is 3.49. The number of alkyl halides is 8. The third kappa shape index (κ3) is 8.28. The average Bonchev–Trinajstić information content (AvgIpc) is 2.52. The second-order valence-electron chi connectivity index (χ2n) is 6.61. The summed E-state index contributed by atoms with van der Waals surface area (Å²) < 4.78 is 102. The lowest BCUT2D eigenvalue weighted by molar-refractivity contribution is -0.351. The summed E-state index contributed by atoms with van der Waals surface area (Å²) in [5.74, 6) is -27.0. The van der Waals surface area contributed by atoms with Gasteiger partial charge in [0.2, 0.25) is 0 Å². The van der Waals surface area contributed by atoms with Crippen LogP contribution in [0.1, 0.15) is 26.7 Å². The first-order valence-electron chi connectivity index (χ1n) is 8.11. The number of aliphatic carboxylic acids is 2. The van der Waals surface area contributed by atoms with Gasteiger partial charge in [-0.2, -0.15) is 35.1 Å². The van der Waals surface area contributed by atoms with Gasteiger partial charge in [-0.25, -0.2) is 9.59 Å². The molecule has 0 heterocycles. The van der Waals surface area contributed by atoms with Gasteiger partial charge >= 0.3 is 35.6 Å². The number of carbonyl (C=O) groups is 2. The number of allylic oxidation sites excluding steroid dienone is 1. The number of carboxylic acid groups (broad SMARTS) is 2. The highest BCUT2D eigenvalue weighted by atomic mass is 19.4. The van der Waals surface area contributed by atoms with Crippen LogP contribution in [0.4, 0.5) is 35.1 Å². The molecule has 0 saturated carbocycles.